The van der Waals surface area contributed by atoms with E-state index in [-0.39, 0.29) is 18.0 Å². The number of nitrogens with one attached hydrogen (secondary N) is 2. The Balaban J connectivity index is 1.58. The van der Waals surface area contributed by atoms with Gasteiger partial charge in [-0.2, -0.15) is 0 Å². The molecule has 0 radical (unpaired) electrons. The molecule has 182 valence electrons. The summed E-state index contributed by atoms with van der Waals surface area (Å²) in [5.74, 6) is 1.01. The van der Waals surface area contributed by atoms with Gasteiger partial charge in [-0.25, -0.2) is 0 Å². The highest BCUT2D eigenvalue weighted by molar-refractivity contribution is 7.80. The molecule has 1 amide bonds. The van der Waals surface area contributed by atoms with E-state index in [2.05, 4.69) is 51.9 Å². The summed E-state index contributed by atoms with van der Waals surface area (Å²) in [7, 11) is 3.56. The van der Waals surface area contributed by atoms with E-state index in [9.17, 15) is 4.79 Å². The van der Waals surface area contributed by atoms with Gasteiger partial charge in [0.15, 0.2) is 5.11 Å². The number of methoxy groups -OCH3 is 1. The van der Waals surface area contributed by atoms with Crippen LogP contribution in [0.15, 0.2) is 42.5 Å². The number of piperidine rings is 1. The van der Waals surface area contributed by atoms with Crippen LogP contribution in [0.3, 0.4) is 0 Å². The summed E-state index contributed by atoms with van der Waals surface area (Å²) >= 11 is 5.75. The van der Waals surface area contributed by atoms with Crippen molar-refractivity contribution in [1.29, 1.82) is 0 Å². The number of nitrogens with zero attached hydrogens (tertiary/aromatic N) is 2. The summed E-state index contributed by atoms with van der Waals surface area (Å²) in [4.78, 5) is 16.3. The minimum Gasteiger partial charge on any atom is -0.496 e. The highest BCUT2D eigenvalue weighted by atomic mass is 32.1. The Morgan fingerprint density at radius 3 is 2.76 bits per heavy atom. The lowest BCUT2D eigenvalue weighted by Gasteiger charge is -2.43. The maximum atomic E-state index is 12.3. The highest BCUT2D eigenvalue weighted by Crippen LogP contribution is 2.35. The molecule has 7 nitrogen and oxygen atoms in total. The first-order valence-corrected chi connectivity index (χ1v) is 12.4. The van der Waals surface area contributed by atoms with Crippen molar-refractivity contribution in [1.82, 2.24) is 15.5 Å². The topological polar surface area (TPSA) is 82.9 Å². The third-order valence-corrected chi connectivity index (χ3v) is 7.21. The van der Waals surface area contributed by atoms with Gasteiger partial charge in [0.1, 0.15) is 5.75 Å². The van der Waals surface area contributed by atoms with Crippen molar-refractivity contribution in [2.24, 2.45) is 5.73 Å². The van der Waals surface area contributed by atoms with Crippen LogP contribution in [0.2, 0.25) is 0 Å². The first-order chi connectivity index (χ1) is 16.5. The van der Waals surface area contributed by atoms with Gasteiger partial charge in [0.25, 0.3) is 0 Å². The predicted molar refractivity (Wildman–Crippen MR) is 140 cm³/mol. The maximum Gasteiger partial charge on any atom is 0.227 e. The quantitative estimate of drug-likeness (QED) is 0.525. The molecule has 4 rings (SSSR count). The second kappa shape index (κ2) is 11.2. The molecule has 0 bridgehead atoms. The number of nitrogens with two attached hydrogens (primary N) is 1. The third kappa shape index (κ3) is 5.19. The van der Waals surface area contributed by atoms with E-state index in [1.54, 1.807) is 12.0 Å². The van der Waals surface area contributed by atoms with Gasteiger partial charge < -0.3 is 30.9 Å². The highest BCUT2D eigenvalue weighted by Gasteiger charge is 2.34. The van der Waals surface area contributed by atoms with E-state index in [0.29, 0.717) is 26.1 Å². The molecular weight excluding hydrogens is 446 g/mol. The molecule has 8 heteroatoms. The zero-order chi connectivity index (χ0) is 24.1. The molecule has 1 fully saturated rings. The number of carbonyl (C=O) groups is 1. The fourth-order valence-corrected chi connectivity index (χ4v) is 5.37. The number of amides is 1. The van der Waals surface area contributed by atoms with Crippen LogP contribution in [0.5, 0.6) is 5.75 Å². The van der Waals surface area contributed by atoms with Crippen LogP contribution in [0.25, 0.3) is 0 Å². The first kappa shape index (κ1) is 24.4. The number of likely N-dealkylation sites (tertiary alicyclic amines) is 1. The van der Waals surface area contributed by atoms with Crippen LogP contribution in [0.1, 0.15) is 42.0 Å². The molecule has 0 aliphatic carbocycles. The molecule has 2 unspecified atom stereocenters. The fourth-order valence-electron chi connectivity index (χ4n) is 5.06. The van der Waals surface area contributed by atoms with Gasteiger partial charge in [-0.05, 0) is 54.7 Å². The lowest BCUT2D eigenvalue weighted by Crippen LogP contribution is -2.53. The zero-order valence-electron chi connectivity index (χ0n) is 20.0. The number of carbonyl (C=O) groups excluding carboxylic acids is 1. The molecule has 2 aromatic rings. The van der Waals surface area contributed by atoms with Gasteiger partial charge in [0.2, 0.25) is 5.91 Å². The molecule has 0 spiro atoms. The van der Waals surface area contributed by atoms with Gasteiger partial charge >= 0.3 is 0 Å². The van der Waals surface area contributed by atoms with Gasteiger partial charge in [0, 0.05) is 56.9 Å². The van der Waals surface area contributed by atoms with E-state index in [0.717, 1.165) is 53.5 Å². The smallest absolute Gasteiger partial charge is 0.227 e. The van der Waals surface area contributed by atoms with E-state index in [1.165, 1.54) is 5.56 Å². The molecule has 2 aromatic carbocycles. The number of anilines is 1. The van der Waals surface area contributed by atoms with Crippen LogP contribution in [0.4, 0.5) is 5.69 Å². The Morgan fingerprint density at radius 2 is 2.03 bits per heavy atom. The zero-order valence-corrected chi connectivity index (χ0v) is 20.9. The number of thiocarbonyl (C=S) groups is 1. The van der Waals surface area contributed by atoms with Crippen molar-refractivity contribution < 1.29 is 9.53 Å². The van der Waals surface area contributed by atoms with Gasteiger partial charge in [-0.3, -0.25) is 4.79 Å². The Kier molecular flexibility index (Phi) is 8.03. The van der Waals surface area contributed by atoms with Crippen LogP contribution >= 0.6 is 12.2 Å². The standard InChI is InChI=1S/C26H35N5O2S/c1-30-22-15-20(23(33-2)16-19(22)10-11-24(30)32)17-29-21-9-6-14-31(26(34)28-13-12-27)25(21)18-7-4-3-5-8-18/h3-5,7-8,15-16,21,25,29H,6,9-14,17,27H2,1-2H3,(H,28,34). The normalized spacial score (nSPS) is 20.1. The Bertz CT molecular complexity index is 1020. The third-order valence-electron chi connectivity index (χ3n) is 6.83. The number of benzene rings is 2. The van der Waals surface area contributed by atoms with Crippen LogP contribution in [-0.4, -0.2) is 55.8 Å². The number of hydrogen-bond acceptors (Lipinski definition) is 5. The average Bonchev–Trinajstić information content (AvgIpc) is 2.88. The second-order valence-electron chi connectivity index (χ2n) is 8.94. The van der Waals surface area contributed by atoms with Crippen molar-refractivity contribution in [2.75, 3.05) is 38.7 Å². The Labute approximate surface area is 207 Å². The van der Waals surface area contributed by atoms with E-state index >= 15 is 0 Å². The van der Waals surface area contributed by atoms with Crippen molar-refractivity contribution in [3.05, 3.63) is 59.2 Å². The molecule has 0 saturated carbocycles. The Morgan fingerprint density at radius 1 is 1.24 bits per heavy atom. The molecule has 2 aliphatic heterocycles. The SMILES string of the molecule is COc1cc2c(cc1CNC1CCCN(C(=S)NCCN)C1c1ccccc1)N(C)C(=O)CC2. The summed E-state index contributed by atoms with van der Waals surface area (Å²) in [6.45, 7) is 2.75. The Hall–Kier alpha value is -2.68. The molecule has 2 heterocycles. The minimum absolute atomic E-state index is 0.112. The summed E-state index contributed by atoms with van der Waals surface area (Å²) in [6.07, 6.45) is 3.38. The predicted octanol–water partition coefficient (Wildman–Crippen LogP) is 2.73. The average molecular weight is 482 g/mol. The molecule has 4 N–H and O–H groups in total. The van der Waals surface area contributed by atoms with Crippen molar-refractivity contribution in [3.63, 3.8) is 0 Å². The van der Waals surface area contributed by atoms with E-state index in [4.69, 9.17) is 22.7 Å². The van der Waals surface area contributed by atoms with E-state index < -0.39 is 0 Å². The number of ether oxygens (including phenoxy) is 1. The number of fused-ring (bicyclic) bond motifs is 1. The van der Waals surface area contributed by atoms with Crippen molar-refractivity contribution in [3.8, 4) is 5.75 Å². The van der Waals surface area contributed by atoms with Crippen LogP contribution in [-0.2, 0) is 17.8 Å². The van der Waals surface area contributed by atoms with E-state index in [1.807, 2.05) is 13.1 Å². The maximum absolute atomic E-state index is 12.3. The molecule has 2 atom stereocenters. The number of rotatable bonds is 7. The molecule has 2 aliphatic rings. The van der Waals surface area contributed by atoms with Gasteiger partial charge in [-0.15, -0.1) is 0 Å². The lowest BCUT2D eigenvalue weighted by molar-refractivity contribution is -0.118. The summed E-state index contributed by atoms with van der Waals surface area (Å²) in [5, 5.41) is 7.85. The number of hydrogen-bond donors (Lipinski definition) is 3. The monoisotopic (exact) mass is 481 g/mol. The van der Waals surface area contributed by atoms with Crippen molar-refractivity contribution >= 4 is 28.9 Å². The summed E-state index contributed by atoms with van der Waals surface area (Å²) < 4.78 is 5.73. The minimum atomic E-state index is 0.112. The second-order valence-corrected chi connectivity index (χ2v) is 9.33. The van der Waals surface area contributed by atoms with Crippen molar-refractivity contribution in [2.45, 2.75) is 44.3 Å². The lowest BCUT2D eigenvalue weighted by atomic mass is 9.90. The molecular formula is C26H35N5O2S. The summed E-state index contributed by atoms with van der Waals surface area (Å²) in [5.41, 5.74) is 10.1. The van der Waals surface area contributed by atoms with Crippen LogP contribution in [0, 0.1) is 0 Å². The largest absolute Gasteiger partial charge is 0.496 e. The summed E-state index contributed by atoms with van der Waals surface area (Å²) in [6, 6.07) is 15.0. The number of aryl methyl sites for hydroxylation is 1. The molecule has 1 saturated heterocycles. The van der Waals surface area contributed by atoms with Gasteiger partial charge in [0.05, 0.1) is 13.2 Å². The van der Waals surface area contributed by atoms with Crippen LogP contribution < -0.4 is 26.0 Å². The fraction of sp³-hybridized carbons (Fsp3) is 0.462. The molecule has 34 heavy (non-hydrogen) atoms. The first-order valence-electron chi connectivity index (χ1n) is 12.0. The van der Waals surface area contributed by atoms with Gasteiger partial charge in [-0.1, -0.05) is 30.3 Å². The molecule has 0 aromatic heterocycles.